The van der Waals surface area contributed by atoms with Crippen LogP contribution in [0.5, 0.6) is 0 Å². The van der Waals surface area contributed by atoms with Crippen LogP contribution in [-0.4, -0.2) is 26.0 Å². The van der Waals surface area contributed by atoms with Crippen LogP contribution >= 0.6 is 35.0 Å². The number of nitrogens with two attached hydrogens (primary N) is 1. The largest absolute Gasteiger partial charge is 0.334 e. The fourth-order valence-corrected chi connectivity index (χ4v) is 2.69. The topological polar surface area (TPSA) is 103 Å². The highest BCUT2D eigenvalue weighted by molar-refractivity contribution is 8.00. The number of hydrogen-bond donors (Lipinski definition) is 2. The van der Waals surface area contributed by atoms with Crippen molar-refractivity contribution in [3.05, 3.63) is 44.3 Å². The summed E-state index contributed by atoms with van der Waals surface area (Å²) in [5.41, 5.74) is 0.115. The minimum Gasteiger partial charge on any atom is -0.334 e. The lowest BCUT2D eigenvalue weighted by molar-refractivity contribution is -0.115. The van der Waals surface area contributed by atoms with E-state index in [-0.39, 0.29) is 16.8 Å². The minimum absolute atomic E-state index is 0.139. The van der Waals surface area contributed by atoms with Gasteiger partial charge in [-0.05, 0) is 32.0 Å². The molecule has 0 saturated carbocycles. The molecule has 0 aliphatic rings. The van der Waals surface area contributed by atoms with Gasteiger partial charge in [-0.2, -0.15) is 4.68 Å². The summed E-state index contributed by atoms with van der Waals surface area (Å²) < 4.78 is 0.864. The minimum atomic E-state index is -0.587. The standard InChI is InChI=1S/C13H13Cl2N5O2S/c1-6-12(22)20(16)13(19-18-6)23-7(2)11(21)17-10-5-8(14)3-4-9(10)15/h3-5,7H,16H2,1-2H3,(H,17,21)/t7-/m0/s1. The van der Waals surface area contributed by atoms with Gasteiger partial charge in [0.2, 0.25) is 11.1 Å². The number of rotatable bonds is 4. The molecule has 1 atom stereocenters. The van der Waals surface area contributed by atoms with E-state index in [0.29, 0.717) is 15.7 Å². The van der Waals surface area contributed by atoms with E-state index in [1.807, 2.05) is 0 Å². The first kappa shape index (κ1) is 17.6. The Balaban J connectivity index is 2.13. The quantitative estimate of drug-likeness (QED) is 0.628. The Morgan fingerprint density at radius 2 is 2.09 bits per heavy atom. The van der Waals surface area contributed by atoms with Crippen molar-refractivity contribution in [1.29, 1.82) is 0 Å². The zero-order valence-corrected chi connectivity index (χ0v) is 14.5. The summed E-state index contributed by atoms with van der Waals surface area (Å²) in [6, 6.07) is 4.75. The molecule has 2 rings (SSSR count). The lowest BCUT2D eigenvalue weighted by atomic mass is 10.3. The average molecular weight is 374 g/mol. The van der Waals surface area contributed by atoms with E-state index in [0.717, 1.165) is 16.4 Å². The van der Waals surface area contributed by atoms with E-state index in [4.69, 9.17) is 29.0 Å². The molecule has 10 heteroatoms. The third-order valence-electron chi connectivity index (χ3n) is 2.86. The monoisotopic (exact) mass is 373 g/mol. The first-order valence-corrected chi connectivity index (χ1v) is 8.07. The van der Waals surface area contributed by atoms with Gasteiger partial charge >= 0.3 is 0 Å². The number of nitrogens with one attached hydrogen (secondary N) is 1. The molecule has 0 aliphatic heterocycles. The zero-order chi connectivity index (χ0) is 17.1. The number of thioether (sulfide) groups is 1. The van der Waals surface area contributed by atoms with Gasteiger partial charge in [-0.3, -0.25) is 9.59 Å². The molecule has 0 bridgehead atoms. The van der Waals surface area contributed by atoms with Crippen molar-refractivity contribution in [2.75, 3.05) is 11.2 Å². The molecule has 3 N–H and O–H groups in total. The molecule has 1 amide bonds. The second-order valence-electron chi connectivity index (χ2n) is 4.62. The number of aromatic nitrogens is 3. The number of carbonyl (C=O) groups excluding carboxylic acids is 1. The van der Waals surface area contributed by atoms with Gasteiger partial charge in [0.25, 0.3) is 5.56 Å². The van der Waals surface area contributed by atoms with Crippen molar-refractivity contribution < 1.29 is 4.79 Å². The van der Waals surface area contributed by atoms with Crippen LogP contribution in [0, 0.1) is 6.92 Å². The second kappa shape index (κ2) is 7.20. The average Bonchev–Trinajstić information content (AvgIpc) is 2.51. The maximum atomic E-state index is 12.2. The predicted molar refractivity (Wildman–Crippen MR) is 91.6 cm³/mol. The van der Waals surface area contributed by atoms with Crippen LogP contribution in [0.2, 0.25) is 10.0 Å². The molecular formula is C13H13Cl2N5O2S. The highest BCUT2D eigenvalue weighted by Crippen LogP contribution is 2.27. The summed E-state index contributed by atoms with van der Waals surface area (Å²) >= 11 is 12.9. The molecule has 0 spiro atoms. The summed E-state index contributed by atoms with van der Waals surface area (Å²) in [4.78, 5) is 23.9. The molecule has 7 nitrogen and oxygen atoms in total. The van der Waals surface area contributed by atoms with Crippen LogP contribution < -0.4 is 16.7 Å². The molecular weight excluding hydrogens is 361 g/mol. The maximum absolute atomic E-state index is 12.2. The highest BCUT2D eigenvalue weighted by atomic mass is 35.5. The Hall–Kier alpha value is -1.77. The number of hydrogen-bond acceptors (Lipinski definition) is 6. The fraction of sp³-hybridized carbons (Fsp3) is 0.231. The molecule has 0 saturated heterocycles. The number of amides is 1. The SMILES string of the molecule is Cc1nnc(S[C@@H](C)C(=O)Nc2cc(Cl)ccc2Cl)n(N)c1=O. The number of nitrogens with zero attached hydrogens (tertiary/aromatic N) is 3. The Kier molecular flexibility index (Phi) is 5.51. The van der Waals surface area contributed by atoms with E-state index in [9.17, 15) is 9.59 Å². The molecule has 1 aromatic carbocycles. The maximum Gasteiger partial charge on any atom is 0.294 e. The molecule has 0 fully saturated rings. The van der Waals surface area contributed by atoms with E-state index in [2.05, 4.69) is 15.5 Å². The Bertz CT molecular complexity index is 811. The second-order valence-corrected chi connectivity index (χ2v) is 6.77. The van der Waals surface area contributed by atoms with Crippen LogP contribution in [0.3, 0.4) is 0 Å². The number of benzene rings is 1. The third kappa shape index (κ3) is 4.15. The summed E-state index contributed by atoms with van der Waals surface area (Å²) in [5, 5.41) is 10.6. The summed E-state index contributed by atoms with van der Waals surface area (Å²) in [6.07, 6.45) is 0. The Morgan fingerprint density at radius 3 is 2.78 bits per heavy atom. The van der Waals surface area contributed by atoms with Gasteiger partial charge in [0.1, 0.15) is 5.69 Å². The van der Waals surface area contributed by atoms with Crippen molar-refractivity contribution in [3.8, 4) is 0 Å². The third-order valence-corrected chi connectivity index (χ3v) is 4.48. The van der Waals surface area contributed by atoms with Gasteiger partial charge < -0.3 is 11.2 Å². The predicted octanol–water partition coefficient (Wildman–Crippen LogP) is 2.09. The molecule has 0 unspecified atom stereocenters. The number of aryl methyl sites for hydroxylation is 1. The number of anilines is 1. The molecule has 1 heterocycles. The van der Waals surface area contributed by atoms with E-state index >= 15 is 0 Å². The van der Waals surface area contributed by atoms with Crippen molar-refractivity contribution >= 4 is 46.6 Å². The van der Waals surface area contributed by atoms with Crippen molar-refractivity contribution in [2.45, 2.75) is 24.3 Å². The first-order valence-electron chi connectivity index (χ1n) is 6.43. The van der Waals surface area contributed by atoms with Gasteiger partial charge in [0, 0.05) is 5.02 Å². The van der Waals surface area contributed by atoms with E-state index < -0.39 is 10.8 Å². The van der Waals surface area contributed by atoms with Crippen molar-refractivity contribution in [2.24, 2.45) is 0 Å². The lowest BCUT2D eigenvalue weighted by Gasteiger charge is -2.13. The number of carbonyl (C=O) groups is 1. The fourth-order valence-electron chi connectivity index (χ4n) is 1.59. The number of halogens is 2. The van der Waals surface area contributed by atoms with Crippen LogP contribution in [-0.2, 0) is 4.79 Å². The summed E-state index contributed by atoms with van der Waals surface area (Å²) in [6.45, 7) is 3.15. The van der Waals surface area contributed by atoms with Gasteiger partial charge in [0.05, 0.1) is 16.0 Å². The highest BCUT2D eigenvalue weighted by Gasteiger charge is 2.19. The molecule has 23 heavy (non-hydrogen) atoms. The van der Waals surface area contributed by atoms with Crippen LogP contribution in [0.25, 0.3) is 0 Å². The molecule has 1 aromatic heterocycles. The normalized spacial score (nSPS) is 12.0. The first-order chi connectivity index (χ1) is 10.8. The lowest BCUT2D eigenvalue weighted by Crippen LogP contribution is -2.33. The van der Waals surface area contributed by atoms with Gasteiger partial charge in [0.15, 0.2) is 0 Å². The van der Waals surface area contributed by atoms with Crippen molar-refractivity contribution in [3.63, 3.8) is 0 Å². The van der Waals surface area contributed by atoms with Crippen LogP contribution in [0.1, 0.15) is 12.6 Å². The van der Waals surface area contributed by atoms with E-state index in [1.165, 1.54) is 6.92 Å². The Morgan fingerprint density at radius 1 is 1.39 bits per heavy atom. The van der Waals surface area contributed by atoms with Crippen LogP contribution in [0.15, 0.2) is 28.2 Å². The van der Waals surface area contributed by atoms with Crippen molar-refractivity contribution in [1.82, 2.24) is 14.9 Å². The smallest absolute Gasteiger partial charge is 0.294 e. The van der Waals surface area contributed by atoms with E-state index in [1.54, 1.807) is 25.1 Å². The van der Waals surface area contributed by atoms with Crippen LogP contribution in [0.4, 0.5) is 5.69 Å². The molecule has 2 aromatic rings. The zero-order valence-electron chi connectivity index (χ0n) is 12.2. The molecule has 0 aliphatic carbocycles. The number of nitrogen functional groups attached to an aromatic ring is 1. The molecule has 122 valence electrons. The molecule has 0 radical (unpaired) electrons. The van der Waals surface area contributed by atoms with Gasteiger partial charge in [-0.1, -0.05) is 35.0 Å². The van der Waals surface area contributed by atoms with Gasteiger partial charge in [-0.15, -0.1) is 10.2 Å². The Labute approximate surface area is 146 Å². The summed E-state index contributed by atoms with van der Waals surface area (Å²) in [5.74, 6) is 5.30. The summed E-state index contributed by atoms with van der Waals surface area (Å²) in [7, 11) is 0. The van der Waals surface area contributed by atoms with Gasteiger partial charge in [-0.25, -0.2) is 0 Å².